The number of H-pyrrole nitrogens is 1. The van der Waals surface area contributed by atoms with E-state index in [9.17, 15) is 9.59 Å². The van der Waals surface area contributed by atoms with Crippen molar-refractivity contribution in [3.05, 3.63) is 40.4 Å². The molecular formula is C20H25N3O2. The Morgan fingerprint density at radius 3 is 2.80 bits per heavy atom. The van der Waals surface area contributed by atoms with Gasteiger partial charge in [-0.25, -0.2) is 4.98 Å². The monoisotopic (exact) mass is 339 g/mol. The molecular weight excluding hydrogens is 314 g/mol. The van der Waals surface area contributed by atoms with Gasteiger partial charge < -0.3 is 9.88 Å². The maximum Gasteiger partial charge on any atom is 0.258 e. The number of rotatable bonds is 4. The fraction of sp³-hybridized carbons (Fsp3) is 0.550. The summed E-state index contributed by atoms with van der Waals surface area (Å²) in [4.78, 5) is 34.3. The molecule has 2 aliphatic rings. The Bertz CT molecular complexity index is 823. The van der Waals surface area contributed by atoms with Crippen LogP contribution in [0.5, 0.6) is 0 Å². The summed E-state index contributed by atoms with van der Waals surface area (Å²) in [6.07, 6.45) is 8.36. The largest absolute Gasteiger partial charge is 0.339 e. The summed E-state index contributed by atoms with van der Waals surface area (Å²) in [6, 6.07) is 7.76. The zero-order valence-corrected chi connectivity index (χ0v) is 14.5. The second kappa shape index (κ2) is 6.98. The molecule has 0 radical (unpaired) electrons. The first-order valence-electron chi connectivity index (χ1n) is 9.50. The normalized spacial score (nSPS) is 21.3. The molecule has 1 atom stereocenters. The minimum atomic E-state index is -0.127. The van der Waals surface area contributed by atoms with Crippen molar-refractivity contribution in [1.82, 2.24) is 14.9 Å². The Labute approximate surface area is 147 Å². The number of benzene rings is 1. The summed E-state index contributed by atoms with van der Waals surface area (Å²) in [5, 5.41) is 0.596. The average Bonchev–Trinajstić information content (AvgIpc) is 3.30. The second-order valence-corrected chi connectivity index (χ2v) is 7.37. The van der Waals surface area contributed by atoms with E-state index in [-0.39, 0.29) is 11.5 Å². The summed E-state index contributed by atoms with van der Waals surface area (Å²) < 4.78 is 0. The van der Waals surface area contributed by atoms with Gasteiger partial charge in [0.25, 0.3) is 5.56 Å². The summed E-state index contributed by atoms with van der Waals surface area (Å²) in [6.45, 7) is 0.891. The highest BCUT2D eigenvalue weighted by atomic mass is 16.2. The van der Waals surface area contributed by atoms with Crippen molar-refractivity contribution in [2.24, 2.45) is 5.92 Å². The van der Waals surface area contributed by atoms with Gasteiger partial charge in [0.2, 0.25) is 5.91 Å². The maximum absolute atomic E-state index is 12.7. The van der Waals surface area contributed by atoms with Gasteiger partial charge in [-0.15, -0.1) is 0 Å². The van der Waals surface area contributed by atoms with Crippen molar-refractivity contribution >= 4 is 16.8 Å². The Morgan fingerprint density at radius 2 is 1.96 bits per heavy atom. The van der Waals surface area contributed by atoms with Crippen LogP contribution in [0.15, 0.2) is 29.1 Å². The summed E-state index contributed by atoms with van der Waals surface area (Å²) in [5.41, 5.74) is 0.566. The van der Waals surface area contributed by atoms with E-state index < -0.39 is 0 Å². The molecule has 2 fully saturated rings. The number of amides is 1. The summed E-state index contributed by atoms with van der Waals surface area (Å²) in [7, 11) is 0. The lowest BCUT2D eigenvalue weighted by Crippen LogP contribution is -2.39. The van der Waals surface area contributed by atoms with Crippen molar-refractivity contribution < 1.29 is 4.79 Å². The lowest BCUT2D eigenvalue weighted by Gasteiger charge is -2.29. The lowest BCUT2D eigenvalue weighted by molar-refractivity contribution is -0.132. The number of carbonyl (C=O) groups excluding carboxylic acids is 1. The molecule has 1 saturated carbocycles. The molecule has 2 heterocycles. The number of nitrogens with zero attached hydrogens (tertiary/aromatic N) is 2. The van der Waals surface area contributed by atoms with Crippen LogP contribution in [0.25, 0.3) is 10.9 Å². The van der Waals surface area contributed by atoms with Gasteiger partial charge in [-0.05, 0) is 43.7 Å². The molecule has 0 bridgehead atoms. The van der Waals surface area contributed by atoms with Crippen LogP contribution in [0.1, 0.15) is 50.8 Å². The Hall–Kier alpha value is -2.17. The topological polar surface area (TPSA) is 66.1 Å². The van der Waals surface area contributed by atoms with Crippen molar-refractivity contribution in [3.8, 4) is 0 Å². The molecule has 1 aliphatic heterocycles. The number of aromatic nitrogens is 2. The third-order valence-electron chi connectivity index (χ3n) is 5.80. The van der Waals surface area contributed by atoms with Crippen molar-refractivity contribution in [2.45, 2.75) is 57.4 Å². The minimum Gasteiger partial charge on any atom is -0.339 e. The molecule has 0 unspecified atom stereocenters. The molecule has 5 nitrogen and oxygen atoms in total. The van der Waals surface area contributed by atoms with Crippen LogP contribution in [0.2, 0.25) is 0 Å². The molecule has 1 aromatic carbocycles. The predicted octanol–water partition coefficient (Wildman–Crippen LogP) is 3.04. The van der Waals surface area contributed by atoms with E-state index in [2.05, 4.69) is 14.9 Å². The minimum absolute atomic E-state index is 0.127. The van der Waals surface area contributed by atoms with E-state index in [0.29, 0.717) is 41.5 Å². The van der Waals surface area contributed by atoms with Gasteiger partial charge in [0, 0.05) is 25.4 Å². The second-order valence-electron chi connectivity index (χ2n) is 7.37. The highest BCUT2D eigenvalue weighted by molar-refractivity contribution is 5.78. The zero-order chi connectivity index (χ0) is 17.2. The van der Waals surface area contributed by atoms with Crippen LogP contribution >= 0.6 is 0 Å². The van der Waals surface area contributed by atoms with Gasteiger partial charge in [0.05, 0.1) is 10.9 Å². The number of fused-ring (bicyclic) bond motifs is 1. The summed E-state index contributed by atoms with van der Waals surface area (Å²) >= 11 is 0. The number of aryl methyl sites for hydroxylation is 1. The first-order valence-corrected chi connectivity index (χ1v) is 9.50. The van der Waals surface area contributed by atoms with Gasteiger partial charge >= 0.3 is 0 Å². The van der Waals surface area contributed by atoms with Gasteiger partial charge in [-0.3, -0.25) is 9.59 Å². The van der Waals surface area contributed by atoms with Crippen LogP contribution in [0, 0.1) is 5.92 Å². The zero-order valence-electron chi connectivity index (χ0n) is 14.5. The molecule has 25 heavy (non-hydrogen) atoms. The Kier molecular flexibility index (Phi) is 4.55. The average molecular weight is 339 g/mol. The molecule has 2 aromatic rings. The van der Waals surface area contributed by atoms with E-state index in [4.69, 9.17) is 0 Å². The maximum atomic E-state index is 12.7. The molecule has 1 saturated heterocycles. The highest BCUT2D eigenvalue weighted by Crippen LogP contribution is 2.35. The number of aromatic amines is 1. The lowest BCUT2D eigenvalue weighted by atomic mass is 9.96. The number of likely N-dealkylation sites (tertiary alicyclic amines) is 1. The van der Waals surface area contributed by atoms with Crippen LogP contribution in [0.3, 0.4) is 0 Å². The first-order chi connectivity index (χ1) is 12.2. The molecule has 1 aliphatic carbocycles. The fourth-order valence-electron chi connectivity index (χ4n) is 4.56. The van der Waals surface area contributed by atoms with Crippen molar-refractivity contribution in [1.29, 1.82) is 0 Å². The number of para-hydroxylation sites is 1. The van der Waals surface area contributed by atoms with E-state index in [1.54, 1.807) is 6.07 Å². The van der Waals surface area contributed by atoms with E-state index in [1.165, 1.54) is 25.7 Å². The van der Waals surface area contributed by atoms with Gasteiger partial charge in [-0.2, -0.15) is 0 Å². The molecule has 132 valence electrons. The molecule has 1 N–H and O–H groups in total. The number of nitrogens with one attached hydrogen (secondary N) is 1. The van der Waals surface area contributed by atoms with Crippen LogP contribution in [-0.2, 0) is 11.2 Å². The molecule has 1 aromatic heterocycles. The van der Waals surface area contributed by atoms with Gasteiger partial charge in [-0.1, -0.05) is 25.0 Å². The molecule has 0 spiro atoms. The number of carbonyl (C=O) groups is 1. The number of hydrogen-bond acceptors (Lipinski definition) is 3. The number of hydrogen-bond donors (Lipinski definition) is 1. The van der Waals surface area contributed by atoms with Gasteiger partial charge in [0.1, 0.15) is 5.82 Å². The SMILES string of the molecule is O=C(CCc1nc2ccccc2c(=O)[nH]1)N1CCC[C@H]1C1CCCC1. The quantitative estimate of drug-likeness (QED) is 0.931. The van der Waals surface area contributed by atoms with E-state index in [1.807, 2.05) is 18.2 Å². The predicted molar refractivity (Wildman–Crippen MR) is 97.4 cm³/mol. The van der Waals surface area contributed by atoms with Crippen LogP contribution in [0.4, 0.5) is 0 Å². The highest BCUT2D eigenvalue weighted by Gasteiger charge is 2.35. The van der Waals surface area contributed by atoms with Crippen LogP contribution < -0.4 is 5.56 Å². The van der Waals surface area contributed by atoms with E-state index >= 15 is 0 Å². The summed E-state index contributed by atoms with van der Waals surface area (Å²) in [5.74, 6) is 1.52. The fourth-order valence-corrected chi connectivity index (χ4v) is 4.56. The third kappa shape index (κ3) is 3.32. The standard InChI is InChI=1S/C20H25N3O2/c24-19(23-13-5-10-17(23)14-6-1-2-7-14)12-11-18-21-16-9-4-3-8-15(16)20(25)22-18/h3-4,8-9,14,17H,1-2,5-7,10-13H2,(H,21,22,25)/t17-/m0/s1. The smallest absolute Gasteiger partial charge is 0.258 e. The first kappa shape index (κ1) is 16.3. The molecule has 5 heteroatoms. The van der Waals surface area contributed by atoms with Gasteiger partial charge in [0.15, 0.2) is 0 Å². The van der Waals surface area contributed by atoms with Crippen LogP contribution in [-0.4, -0.2) is 33.4 Å². The Morgan fingerprint density at radius 1 is 1.16 bits per heavy atom. The molecule has 4 rings (SSSR count). The Balaban J connectivity index is 1.44. The third-order valence-corrected chi connectivity index (χ3v) is 5.80. The van der Waals surface area contributed by atoms with Crippen molar-refractivity contribution in [3.63, 3.8) is 0 Å². The molecule has 1 amide bonds. The van der Waals surface area contributed by atoms with Crippen molar-refractivity contribution in [2.75, 3.05) is 6.54 Å². The van der Waals surface area contributed by atoms with E-state index in [0.717, 1.165) is 19.4 Å².